The van der Waals surface area contributed by atoms with E-state index in [1.165, 1.54) is 4.88 Å². The molecule has 1 aromatic carbocycles. The molecule has 4 rings (SSSR count). The third-order valence-corrected chi connectivity index (χ3v) is 6.86. The normalized spacial score (nSPS) is 15.5. The van der Waals surface area contributed by atoms with Gasteiger partial charge >= 0.3 is 0 Å². The maximum absolute atomic E-state index is 12.9. The molecular formula is C21H22Cl2N4O2S. The van der Waals surface area contributed by atoms with E-state index in [1.54, 1.807) is 42.8 Å². The lowest BCUT2D eigenvalue weighted by molar-refractivity contribution is -0.138. The van der Waals surface area contributed by atoms with Crippen molar-refractivity contribution in [3.63, 3.8) is 0 Å². The Bertz CT molecular complexity index is 1070. The first-order valence-corrected chi connectivity index (χ1v) is 11.4. The van der Waals surface area contributed by atoms with Crippen LogP contribution >= 0.6 is 34.5 Å². The maximum Gasteiger partial charge on any atom is 0.263 e. The molecule has 1 aliphatic heterocycles. The summed E-state index contributed by atoms with van der Waals surface area (Å²) in [4.78, 5) is 28.2. The molecule has 0 aliphatic carbocycles. The van der Waals surface area contributed by atoms with E-state index in [9.17, 15) is 4.79 Å². The molecule has 1 atom stereocenters. The molecule has 3 heterocycles. The van der Waals surface area contributed by atoms with Crippen molar-refractivity contribution in [2.24, 2.45) is 0 Å². The minimum atomic E-state index is -0.634. The second kappa shape index (κ2) is 8.96. The number of aromatic nitrogens is 2. The molecule has 1 aliphatic rings. The quantitative estimate of drug-likeness (QED) is 0.548. The van der Waals surface area contributed by atoms with Crippen LogP contribution in [0.4, 0.5) is 5.82 Å². The van der Waals surface area contributed by atoms with Crippen LogP contribution in [0.3, 0.4) is 0 Å². The highest BCUT2D eigenvalue weighted by atomic mass is 35.5. The van der Waals surface area contributed by atoms with E-state index in [0.717, 1.165) is 22.5 Å². The Hall–Kier alpha value is -2.09. The van der Waals surface area contributed by atoms with Crippen molar-refractivity contribution < 1.29 is 9.53 Å². The number of anilines is 1. The number of piperazine rings is 1. The molecule has 0 bridgehead atoms. The minimum Gasteiger partial charge on any atom is -0.479 e. The Kier molecular flexibility index (Phi) is 6.32. The fourth-order valence-corrected chi connectivity index (χ4v) is 4.91. The van der Waals surface area contributed by atoms with Gasteiger partial charge in [0.05, 0.1) is 10.4 Å². The fraction of sp³-hybridized carbons (Fsp3) is 0.381. The average molecular weight is 465 g/mol. The van der Waals surface area contributed by atoms with Gasteiger partial charge in [-0.25, -0.2) is 9.97 Å². The van der Waals surface area contributed by atoms with Crippen LogP contribution < -0.4 is 9.64 Å². The summed E-state index contributed by atoms with van der Waals surface area (Å²) < 4.78 is 5.78. The van der Waals surface area contributed by atoms with Gasteiger partial charge in [0.15, 0.2) is 6.10 Å². The zero-order chi connectivity index (χ0) is 21.3. The van der Waals surface area contributed by atoms with Crippen LogP contribution in [-0.2, 0) is 11.2 Å². The van der Waals surface area contributed by atoms with Gasteiger partial charge in [-0.3, -0.25) is 4.79 Å². The molecule has 9 heteroatoms. The third kappa shape index (κ3) is 4.33. The van der Waals surface area contributed by atoms with Crippen molar-refractivity contribution in [3.05, 3.63) is 45.5 Å². The molecule has 6 nitrogen and oxygen atoms in total. The van der Waals surface area contributed by atoms with Gasteiger partial charge in [-0.1, -0.05) is 30.1 Å². The predicted molar refractivity (Wildman–Crippen MR) is 122 cm³/mol. The molecular weight excluding hydrogens is 443 g/mol. The molecule has 1 amide bonds. The Labute approximate surface area is 189 Å². The van der Waals surface area contributed by atoms with Crippen LogP contribution in [0.2, 0.25) is 10.0 Å². The summed E-state index contributed by atoms with van der Waals surface area (Å²) in [6.07, 6.45) is 1.97. The number of benzene rings is 1. The van der Waals surface area contributed by atoms with E-state index in [4.69, 9.17) is 27.9 Å². The van der Waals surface area contributed by atoms with Gasteiger partial charge in [0.1, 0.15) is 22.7 Å². The number of hydrogen-bond acceptors (Lipinski definition) is 6. The number of carbonyl (C=O) groups excluding carboxylic acids is 1. The largest absolute Gasteiger partial charge is 0.479 e. The number of ether oxygens (including phenoxy) is 1. The molecule has 1 fully saturated rings. The summed E-state index contributed by atoms with van der Waals surface area (Å²) in [5, 5.41) is 2.01. The van der Waals surface area contributed by atoms with Gasteiger partial charge in [-0.2, -0.15) is 0 Å². The second-order valence-electron chi connectivity index (χ2n) is 7.13. The summed E-state index contributed by atoms with van der Waals surface area (Å²) >= 11 is 13.8. The number of aryl methyl sites for hydroxylation is 1. The van der Waals surface area contributed by atoms with Crippen molar-refractivity contribution >= 4 is 56.5 Å². The molecule has 2 aromatic heterocycles. The molecule has 30 heavy (non-hydrogen) atoms. The summed E-state index contributed by atoms with van der Waals surface area (Å²) in [5.74, 6) is 1.34. The highest BCUT2D eigenvalue weighted by Crippen LogP contribution is 2.31. The summed E-state index contributed by atoms with van der Waals surface area (Å²) in [6.45, 7) is 6.52. The standard InChI is InChI=1S/C21H22Cl2N4O2S/c1-3-15-11-16-19(24-12-25-20(16)30-15)26-6-8-27(9-7-26)21(28)13(2)29-18-5-4-14(22)10-17(18)23/h4-5,10-13H,3,6-9H2,1-2H3. The molecule has 0 spiro atoms. The Morgan fingerprint density at radius 2 is 1.97 bits per heavy atom. The molecule has 1 unspecified atom stereocenters. The summed E-state index contributed by atoms with van der Waals surface area (Å²) in [6, 6.07) is 7.15. The summed E-state index contributed by atoms with van der Waals surface area (Å²) in [5.41, 5.74) is 0. The highest BCUT2D eigenvalue weighted by molar-refractivity contribution is 7.18. The van der Waals surface area contributed by atoms with Gasteiger partial charge < -0.3 is 14.5 Å². The number of halogens is 2. The highest BCUT2D eigenvalue weighted by Gasteiger charge is 2.28. The molecule has 0 N–H and O–H groups in total. The second-order valence-corrected chi connectivity index (χ2v) is 9.09. The number of thiophene rings is 1. The molecule has 158 valence electrons. The first kappa shape index (κ1) is 21.2. The first-order valence-electron chi connectivity index (χ1n) is 9.85. The number of rotatable bonds is 5. The van der Waals surface area contributed by atoms with Crippen LogP contribution in [0.25, 0.3) is 10.2 Å². The number of fused-ring (bicyclic) bond motifs is 1. The third-order valence-electron chi connectivity index (χ3n) is 5.14. The monoisotopic (exact) mass is 464 g/mol. The lowest BCUT2D eigenvalue weighted by atomic mass is 10.2. The predicted octanol–water partition coefficient (Wildman–Crippen LogP) is 4.68. The van der Waals surface area contributed by atoms with E-state index >= 15 is 0 Å². The van der Waals surface area contributed by atoms with Crippen molar-refractivity contribution in [1.82, 2.24) is 14.9 Å². The van der Waals surface area contributed by atoms with Crippen molar-refractivity contribution in [2.75, 3.05) is 31.1 Å². The lowest BCUT2D eigenvalue weighted by Gasteiger charge is -2.36. The van der Waals surface area contributed by atoms with Crippen LogP contribution in [0.5, 0.6) is 5.75 Å². The lowest BCUT2D eigenvalue weighted by Crippen LogP contribution is -2.52. The number of carbonyl (C=O) groups is 1. The smallest absolute Gasteiger partial charge is 0.263 e. The summed E-state index contributed by atoms with van der Waals surface area (Å²) in [7, 11) is 0. The topological polar surface area (TPSA) is 58.6 Å². The van der Waals surface area contributed by atoms with Crippen molar-refractivity contribution in [2.45, 2.75) is 26.4 Å². The van der Waals surface area contributed by atoms with Gasteiger partial charge in [-0.15, -0.1) is 11.3 Å². The van der Waals surface area contributed by atoms with Gasteiger partial charge in [-0.05, 0) is 37.6 Å². The minimum absolute atomic E-state index is 0.0581. The molecule has 3 aromatic rings. The van der Waals surface area contributed by atoms with Crippen molar-refractivity contribution in [3.8, 4) is 5.75 Å². The Morgan fingerprint density at radius 3 is 2.67 bits per heavy atom. The van der Waals surface area contributed by atoms with E-state index in [0.29, 0.717) is 42.0 Å². The first-order chi connectivity index (χ1) is 14.5. The number of amides is 1. The van der Waals surface area contributed by atoms with Crippen LogP contribution in [-0.4, -0.2) is 53.1 Å². The molecule has 1 saturated heterocycles. The van der Waals surface area contributed by atoms with Crippen molar-refractivity contribution in [1.29, 1.82) is 0 Å². The SMILES string of the molecule is CCc1cc2c(N3CCN(C(=O)C(C)Oc4ccc(Cl)cc4Cl)CC3)ncnc2s1. The van der Waals surface area contributed by atoms with Gasteiger partial charge in [0.25, 0.3) is 5.91 Å². The van der Waals surface area contributed by atoms with Crippen LogP contribution in [0, 0.1) is 0 Å². The molecule has 0 radical (unpaired) electrons. The number of nitrogens with zero attached hydrogens (tertiary/aromatic N) is 4. The van der Waals surface area contributed by atoms with Gasteiger partial charge in [0.2, 0.25) is 0 Å². The Morgan fingerprint density at radius 1 is 1.20 bits per heavy atom. The fourth-order valence-electron chi connectivity index (χ4n) is 3.53. The van der Waals surface area contributed by atoms with E-state index in [-0.39, 0.29) is 5.91 Å². The zero-order valence-corrected chi connectivity index (χ0v) is 19.1. The number of hydrogen-bond donors (Lipinski definition) is 0. The van der Waals surface area contributed by atoms with E-state index in [2.05, 4.69) is 27.9 Å². The van der Waals surface area contributed by atoms with Crippen LogP contribution in [0.15, 0.2) is 30.6 Å². The zero-order valence-electron chi connectivity index (χ0n) is 16.8. The molecule has 0 saturated carbocycles. The van der Waals surface area contributed by atoms with E-state index in [1.807, 2.05) is 4.90 Å². The van der Waals surface area contributed by atoms with Gasteiger partial charge in [0, 0.05) is 36.1 Å². The maximum atomic E-state index is 12.9. The Balaban J connectivity index is 1.40. The average Bonchev–Trinajstić information content (AvgIpc) is 3.19. The van der Waals surface area contributed by atoms with E-state index < -0.39 is 6.10 Å². The van der Waals surface area contributed by atoms with Crippen LogP contribution in [0.1, 0.15) is 18.7 Å².